The smallest absolute Gasteiger partial charge is 0.264 e. The van der Waals surface area contributed by atoms with E-state index in [-0.39, 0.29) is 21.9 Å². The summed E-state index contributed by atoms with van der Waals surface area (Å²) in [6.45, 7) is -0.650. The highest BCUT2D eigenvalue weighted by molar-refractivity contribution is 7.92. The zero-order valence-electron chi connectivity index (χ0n) is 17.2. The number of benzene rings is 2. The van der Waals surface area contributed by atoms with Crippen LogP contribution in [0.5, 0.6) is 11.5 Å². The summed E-state index contributed by atoms with van der Waals surface area (Å²) < 4.78 is 38.4. The molecule has 32 heavy (non-hydrogen) atoms. The second-order valence-electron chi connectivity index (χ2n) is 6.62. The average molecular weight is 497 g/mol. The van der Waals surface area contributed by atoms with Crippen LogP contribution in [0, 0.1) is 0 Å². The molecule has 3 aromatic rings. The molecule has 0 spiro atoms. The first-order valence-electron chi connectivity index (χ1n) is 9.23. The van der Waals surface area contributed by atoms with Gasteiger partial charge in [0.05, 0.1) is 24.8 Å². The summed E-state index contributed by atoms with van der Waals surface area (Å²) in [5.41, 5.74) is 5.67. The summed E-state index contributed by atoms with van der Waals surface area (Å²) in [4.78, 5) is 12.3. The van der Waals surface area contributed by atoms with Crippen molar-refractivity contribution in [2.75, 3.05) is 25.1 Å². The van der Waals surface area contributed by atoms with Crippen LogP contribution in [0.4, 0.5) is 5.69 Å². The summed E-state index contributed by atoms with van der Waals surface area (Å²) in [5, 5.41) is 13.0. The highest BCUT2D eigenvalue weighted by atomic mass is 35.5. The number of hydrogen-bond donors (Lipinski definition) is 2. The highest BCUT2D eigenvalue weighted by Gasteiger charge is 2.31. The maximum absolute atomic E-state index is 13.6. The topological polar surface area (TPSA) is 119 Å². The number of aliphatic hydroxyl groups excluding tert-OH is 1. The number of anilines is 1. The van der Waals surface area contributed by atoms with Gasteiger partial charge in [-0.05, 0) is 41.8 Å². The lowest BCUT2D eigenvalue weighted by molar-refractivity contribution is -0.116. The molecule has 170 valence electrons. The molecule has 11 heteroatoms. The Morgan fingerprint density at radius 3 is 2.47 bits per heavy atom. The number of carbonyl (C=O) groups excluding carboxylic acids is 1. The summed E-state index contributed by atoms with van der Waals surface area (Å²) in [7, 11) is -1.49. The third kappa shape index (κ3) is 4.83. The Morgan fingerprint density at radius 1 is 1.16 bits per heavy atom. The molecule has 1 amide bonds. The van der Waals surface area contributed by atoms with Gasteiger partial charge in [-0.3, -0.25) is 9.10 Å². The van der Waals surface area contributed by atoms with Crippen molar-refractivity contribution in [2.45, 2.75) is 11.0 Å². The van der Waals surface area contributed by atoms with Crippen molar-refractivity contribution >= 4 is 44.6 Å². The van der Waals surface area contributed by atoms with Crippen LogP contribution < -0.4 is 19.5 Å². The number of nitrogens with zero attached hydrogens (tertiary/aromatic N) is 1. The van der Waals surface area contributed by atoms with Crippen molar-refractivity contribution in [1.82, 2.24) is 0 Å². The van der Waals surface area contributed by atoms with E-state index < -0.39 is 28.6 Å². The maximum Gasteiger partial charge on any atom is 0.264 e. The lowest BCUT2D eigenvalue weighted by atomic mass is 10.1. The molecule has 0 bridgehead atoms. The van der Waals surface area contributed by atoms with Crippen molar-refractivity contribution in [1.29, 1.82) is 0 Å². The van der Waals surface area contributed by atoms with Gasteiger partial charge in [0, 0.05) is 21.5 Å². The second kappa shape index (κ2) is 9.78. The Bertz CT molecular complexity index is 1220. The number of halogens is 1. The Hall–Kier alpha value is -2.79. The molecule has 0 aliphatic carbocycles. The molecular formula is C21H21ClN2O6S2. The minimum absolute atomic E-state index is 0.0730. The molecule has 0 aliphatic heterocycles. The minimum Gasteiger partial charge on any atom is -0.493 e. The van der Waals surface area contributed by atoms with Gasteiger partial charge in [-0.15, -0.1) is 11.3 Å². The van der Waals surface area contributed by atoms with Crippen LogP contribution in [0.1, 0.15) is 16.5 Å². The monoisotopic (exact) mass is 496 g/mol. The third-order valence-electron chi connectivity index (χ3n) is 4.61. The molecule has 0 saturated carbocycles. The molecule has 1 aromatic heterocycles. The van der Waals surface area contributed by atoms with Crippen LogP contribution in [-0.4, -0.2) is 40.2 Å². The first kappa shape index (κ1) is 23.9. The van der Waals surface area contributed by atoms with E-state index in [0.717, 1.165) is 4.31 Å². The number of sulfonamides is 1. The van der Waals surface area contributed by atoms with E-state index >= 15 is 0 Å². The van der Waals surface area contributed by atoms with Gasteiger partial charge in [0.1, 0.15) is 12.6 Å². The number of ether oxygens (including phenoxy) is 2. The largest absolute Gasteiger partial charge is 0.493 e. The van der Waals surface area contributed by atoms with Gasteiger partial charge >= 0.3 is 0 Å². The molecule has 8 nitrogen and oxygen atoms in total. The molecule has 1 unspecified atom stereocenters. The Balaban J connectivity index is 2.18. The Labute approximate surface area is 194 Å². The quantitative estimate of drug-likeness (QED) is 0.469. The maximum atomic E-state index is 13.6. The summed E-state index contributed by atoms with van der Waals surface area (Å²) >= 11 is 7.44. The number of carbonyl (C=O) groups is 1. The van der Waals surface area contributed by atoms with Gasteiger partial charge in [-0.25, -0.2) is 8.42 Å². The third-order valence-corrected chi connectivity index (χ3v) is 7.52. The number of nitrogens with two attached hydrogens (primary N) is 1. The molecule has 1 heterocycles. The molecule has 0 saturated heterocycles. The van der Waals surface area contributed by atoms with Gasteiger partial charge in [0.15, 0.2) is 11.5 Å². The van der Waals surface area contributed by atoms with E-state index in [0.29, 0.717) is 15.6 Å². The number of methoxy groups -OCH3 is 2. The Kier molecular flexibility index (Phi) is 7.29. The fourth-order valence-electron chi connectivity index (χ4n) is 3.12. The zero-order valence-corrected chi connectivity index (χ0v) is 19.6. The van der Waals surface area contributed by atoms with Gasteiger partial charge in [0.25, 0.3) is 10.0 Å². The van der Waals surface area contributed by atoms with Crippen LogP contribution >= 0.6 is 22.9 Å². The van der Waals surface area contributed by atoms with Crippen LogP contribution in [0.3, 0.4) is 0 Å². The van der Waals surface area contributed by atoms with Gasteiger partial charge in [-0.1, -0.05) is 17.7 Å². The van der Waals surface area contributed by atoms with Crippen molar-refractivity contribution < 1.29 is 27.8 Å². The first-order chi connectivity index (χ1) is 15.2. The molecular weight excluding hydrogens is 476 g/mol. The summed E-state index contributed by atoms with van der Waals surface area (Å²) in [6.07, 6.45) is -1.17. The average Bonchev–Trinajstić information content (AvgIpc) is 3.31. The molecule has 1 atom stereocenters. The molecule has 3 N–H and O–H groups in total. The summed E-state index contributed by atoms with van der Waals surface area (Å²) in [6, 6.07) is 11.9. The molecule has 0 aliphatic rings. The van der Waals surface area contributed by atoms with Crippen LogP contribution in [0.15, 0.2) is 58.8 Å². The standard InChI is InChI=1S/C21H21ClN2O6S2/c1-29-17-8-6-14(11-18(17)30-2)32(27,28)24(12-20(23)25)16-7-5-13(22)10-15(16)21(26)19-4-3-9-31-19/h3-11,21,26H,12H2,1-2H3,(H2,23,25). The van der Waals surface area contributed by atoms with E-state index in [1.807, 2.05) is 0 Å². The van der Waals surface area contributed by atoms with Gasteiger partial charge < -0.3 is 20.3 Å². The Morgan fingerprint density at radius 2 is 1.88 bits per heavy atom. The van der Waals surface area contributed by atoms with Crippen LogP contribution in [-0.2, 0) is 14.8 Å². The number of amides is 1. The van der Waals surface area contributed by atoms with E-state index in [1.54, 1.807) is 17.5 Å². The van der Waals surface area contributed by atoms with E-state index in [1.165, 1.54) is 62.0 Å². The van der Waals surface area contributed by atoms with E-state index in [4.69, 9.17) is 26.8 Å². The van der Waals surface area contributed by atoms with Crippen molar-refractivity contribution in [3.05, 3.63) is 69.4 Å². The van der Waals surface area contributed by atoms with Gasteiger partial charge in [0.2, 0.25) is 5.91 Å². The van der Waals surface area contributed by atoms with Crippen LogP contribution in [0.25, 0.3) is 0 Å². The van der Waals surface area contributed by atoms with Gasteiger partial charge in [-0.2, -0.15) is 0 Å². The van der Waals surface area contributed by atoms with Crippen molar-refractivity contribution in [2.24, 2.45) is 5.73 Å². The molecule has 0 radical (unpaired) electrons. The number of primary amides is 1. The fourth-order valence-corrected chi connectivity index (χ4v) is 5.50. The second-order valence-corrected chi connectivity index (χ2v) is 9.89. The number of rotatable bonds is 9. The highest BCUT2D eigenvalue weighted by Crippen LogP contribution is 2.38. The normalized spacial score (nSPS) is 12.2. The lowest BCUT2D eigenvalue weighted by Crippen LogP contribution is -2.39. The predicted octanol–water partition coefficient (Wildman–Crippen LogP) is 3.18. The number of aliphatic hydroxyl groups is 1. The number of thiophene rings is 1. The lowest BCUT2D eigenvalue weighted by Gasteiger charge is -2.27. The molecule has 3 rings (SSSR count). The number of hydrogen-bond acceptors (Lipinski definition) is 7. The molecule has 0 fully saturated rings. The van der Waals surface area contributed by atoms with E-state index in [9.17, 15) is 18.3 Å². The van der Waals surface area contributed by atoms with E-state index in [2.05, 4.69) is 0 Å². The SMILES string of the molecule is COc1ccc(S(=O)(=O)N(CC(N)=O)c2ccc(Cl)cc2C(O)c2cccs2)cc1OC. The molecule has 2 aromatic carbocycles. The van der Waals surface area contributed by atoms with Crippen LogP contribution in [0.2, 0.25) is 5.02 Å². The zero-order chi connectivity index (χ0) is 23.5. The predicted molar refractivity (Wildman–Crippen MR) is 123 cm³/mol. The summed E-state index contributed by atoms with van der Waals surface area (Å²) in [5.74, 6) is -0.337. The van der Waals surface area contributed by atoms with Crippen molar-refractivity contribution in [3.8, 4) is 11.5 Å². The minimum atomic E-state index is -4.30. The fraction of sp³-hybridized carbons (Fsp3) is 0.190. The first-order valence-corrected chi connectivity index (χ1v) is 11.9. The van der Waals surface area contributed by atoms with Crippen molar-refractivity contribution in [3.63, 3.8) is 0 Å².